The van der Waals surface area contributed by atoms with Crippen LogP contribution in [0.25, 0.3) is 122 Å². The highest BCUT2D eigenvalue weighted by atomic mass is 16.3. The zero-order valence-corrected chi connectivity index (χ0v) is 32.2. The molecule has 0 saturated heterocycles. The van der Waals surface area contributed by atoms with E-state index in [1.165, 1.54) is 0 Å². The van der Waals surface area contributed by atoms with Crippen molar-refractivity contribution >= 4 is 54.8 Å². The molecule has 0 unspecified atom stereocenters. The fraction of sp³-hybridized carbons (Fsp3) is 0. The van der Waals surface area contributed by atoms with E-state index >= 15 is 0 Å². The van der Waals surface area contributed by atoms with Gasteiger partial charge in [0.1, 0.15) is 22.3 Å². The number of nitrogens with zero attached hydrogens (tertiary/aromatic N) is 3. The van der Waals surface area contributed by atoms with Crippen LogP contribution in [0.2, 0.25) is 0 Å². The Morgan fingerprint density at radius 1 is 0.333 bits per heavy atom. The third kappa shape index (κ3) is 5.59. The number of fused-ring (bicyclic) bond motifs is 7. The summed E-state index contributed by atoms with van der Waals surface area (Å²) in [4.78, 5) is 14.8. The molecule has 0 bridgehead atoms. The van der Waals surface area contributed by atoms with Crippen LogP contribution in [0.4, 0.5) is 0 Å². The van der Waals surface area contributed by atoms with Gasteiger partial charge in [0.25, 0.3) is 0 Å². The summed E-state index contributed by atoms with van der Waals surface area (Å²) in [6.45, 7) is 0. The molecule has 60 heavy (non-hydrogen) atoms. The number of rotatable bonds is 6. The monoisotopic (exact) mass is 767 g/mol. The molecule has 12 rings (SSSR count). The molecule has 0 aliphatic heterocycles. The molecule has 4 aromatic heterocycles. The van der Waals surface area contributed by atoms with E-state index in [2.05, 4.69) is 138 Å². The molecule has 0 atom stereocenters. The fourth-order valence-electron chi connectivity index (χ4n) is 8.73. The Morgan fingerprint density at radius 2 is 0.900 bits per heavy atom. The number of aromatic nitrogens is 3. The van der Waals surface area contributed by atoms with E-state index in [-0.39, 0.29) is 0 Å². The van der Waals surface area contributed by atoms with Crippen molar-refractivity contribution in [3.63, 3.8) is 0 Å². The topological polar surface area (TPSA) is 65.0 Å². The average Bonchev–Trinajstić information content (AvgIpc) is 3.91. The van der Waals surface area contributed by atoms with E-state index < -0.39 is 0 Å². The van der Waals surface area contributed by atoms with Gasteiger partial charge in [-0.15, -0.1) is 0 Å². The first-order valence-electron chi connectivity index (χ1n) is 20.1. The maximum absolute atomic E-state index is 6.74. The van der Waals surface area contributed by atoms with Gasteiger partial charge in [0.2, 0.25) is 0 Å². The van der Waals surface area contributed by atoms with Gasteiger partial charge in [-0.25, -0.2) is 9.97 Å². The van der Waals surface area contributed by atoms with Crippen LogP contribution in [0.5, 0.6) is 0 Å². The van der Waals surface area contributed by atoms with Gasteiger partial charge in [0, 0.05) is 55.4 Å². The Bertz CT molecular complexity index is 3580. The van der Waals surface area contributed by atoms with Crippen LogP contribution in [-0.4, -0.2) is 15.0 Å². The second kappa shape index (κ2) is 13.8. The molecule has 0 spiro atoms. The molecule has 0 saturated carbocycles. The van der Waals surface area contributed by atoms with E-state index in [1.807, 2.05) is 66.9 Å². The largest absolute Gasteiger partial charge is 0.456 e. The lowest BCUT2D eigenvalue weighted by molar-refractivity contribution is 0.668. The summed E-state index contributed by atoms with van der Waals surface area (Å²) in [5.74, 6) is 0.671. The summed E-state index contributed by atoms with van der Waals surface area (Å²) in [6, 6.07) is 67.1. The minimum Gasteiger partial charge on any atom is -0.456 e. The maximum Gasteiger partial charge on any atom is 0.160 e. The molecule has 0 fully saturated rings. The predicted molar refractivity (Wildman–Crippen MR) is 245 cm³/mol. The van der Waals surface area contributed by atoms with E-state index in [1.54, 1.807) is 0 Å². The zero-order valence-electron chi connectivity index (χ0n) is 32.2. The van der Waals surface area contributed by atoms with Crippen LogP contribution in [0.3, 0.4) is 0 Å². The standard InChI is InChI=1S/C55H33N3O2/c1-2-11-36(12-3-1)47-33-48(58-55(57-47)38-27-23-34(24-28-38)39-31-32-56-46-17-7-4-13-41(39)46)37-25-21-35(22-26-37)40-29-30-43(54-53(40)45-15-6-9-19-50(45)60-54)42-16-10-20-51-52(42)44-14-5-8-18-49(44)59-51/h1-33H. The summed E-state index contributed by atoms with van der Waals surface area (Å²) in [7, 11) is 0. The number of hydrogen-bond acceptors (Lipinski definition) is 5. The van der Waals surface area contributed by atoms with E-state index in [9.17, 15) is 0 Å². The lowest BCUT2D eigenvalue weighted by Gasteiger charge is -2.12. The van der Waals surface area contributed by atoms with Crippen molar-refractivity contribution in [2.45, 2.75) is 0 Å². The third-order valence-electron chi connectivity index (χ3n) is 11.6. The van der Waals surface area contributed by atoms with Crippen molar-refractivity contribution in [1.82, 2.24) is 15.0 Å². The predicted octanol–water partition coefficient (Wildman–Crippen LogP) is 14.8. The SMILES string of the molecule is c1ccc(-c2cc(-c3ccc(-c4ccc(-c5cccc6oc7ccccc7c56)c5oc6ccccc6c45)cc3)nc(-c3ccc(-c4ccnc5ccccc45)cc3)n2)cc1. The normalized spacial score (nSPS) is 11.7. The van der Waals surface area contributed by atoms with Crippen LogP contribution in [0.1, 0.15) is 0 Å². The molecule has 5 nitrogen and oxygen atoms in total. The molecule has 0 radical (unpaired) electrons. The molecular formula is C55H33N3O2. The lowest BCUT2D eigenvalue weighted by atomic mass is 9.92. The smallest absolute Gasteiger partial charge is 0.160 e. The average molecular weight is 768 g/mol. The van der Waals surface area contributed by atoms with Crippen LogP contribution in [-0.2, 0) is 0 Å². The third-order valence-corrected chi connectivity index (χ3v) is 11.6. The van der Waals surface area contributed by atoms with Crippen molar-refractivity contribution in [2.75, 3.05) is 0 Å². The number of hydrogen-bond donors (Lipinski definition) is 0. The Balaban J connectivity index is 0.959. The lowest BCUT2D eigenvalue weighted by Crippen LogP contribution is -1.96. The molecule has 0 aliphatic rings. The van der Waals surface area contributed by atoms with Gasteiger partial charge in [-0.05, 0) is 70.3 Å². The second-order valence-corrected chi connectivity index (χ2v) is 15.1. The molecular weight excluding hydrogens is 735 g/mol. The number of para-hydroxylation sites is 3. The maximum atomic E-state index is 6.74. The van der Waals surface area contributed by atoms with Gasteiger partial charge < -0.3 is 8.83 Å². The minimum atomic E-state index is 0.671. The molecule has 12 aromatic rings. The van der Waals surface area contributed by atoms with E-state index in [0.717, 1.165) is 116 Å². The molecule has 4 heterocycles. The van der Waals surface area contributed by atoms with Gasteiger partial charge in [0.15, 0.2) is 5.82 Å². The molecule has 0 aliphatic carbocycles. The van der Waals surface area contributed by atoms with Crippen LogP contribution in [0.15, 0.2) is 209 Å². The first-order valence-corrected chi connectivity index (χ1v) is 20.1. The Hall–Kier alpha value is -8.15. The van der Waals surface area contributed by atoms with Crippen molar-refractivity contribution in [3.05, 3.63) is 200 Å². The first kappa shape index (κ1) is 33.9. The quantitative estimate of drug-likeness (QED) is 0.169. The molecule has 5 heteroatoms. The highest BCUT2D eigenvalue weighted by molar-refractivity contribution is 6.20. The molecule has 0 N–H and O–H groups in total. The Labute approximate surface area is 344 Å². The van der Waals surface area contributed by atoms with Crippen LogP contribution >= 0.6 is 0 Å². The molecule has 8 aromatic carbocycles. The van der Waals surface area contributed by atoms with Crippen molar-refractivity contribution in [1.29, 1.82) is 0 Å². The van der Waals surface area contributed by atoms with Crippen molar-refractivity contribution in [3.8, 4) is 67.3 Å². The number of pyridine rings is 1. The van der Waals surface area contributed by atoms with Crippen molar-refractivity contribution in [2.24, 2.45) is 0 Å². The first-order chi connectivity index (χ1) is 29.7. The minimum absolute atomic E-state index is 0.671. The van der Waals surface area contributed by atoms with E-state index in [4.69, 9.17) is 18.8 Å². The van der Waals surface area contributed by atoms with Gasteiger partial charge in [-0.1, -0.05) is 152 Å². The van der Waals surface area contributed by atoms with Gasteiger partial charge in [-0.3, -0.25) is 4.98 Å². The van der Waals surface area contributed by atoms with Crippen LogP contribution < -0.4 is 0 Å². The van der Waals surface area contributed by atoms with E-state index in [0.29, 0.717) is 5.82 Å². The number of furan rings is 2. The highest BCUT2D eigenvalue weighted by Crippen LogP contribution is 2.45. The molecule has 280 valence electrons. The van der Waals surface area contributed by atoms with Crippen molar-refractivity contribution < 1.29 is 8.83 Å². The summed E-state index contributed by atoms with van der Waals surface area (Å²) < 4.78 is 13.0. The van der Waals surface area contributed by atoms with Crippen LogP contribution in [0, 0.1) is 0 Å². The number of benzene rings is 8. The van der Waals surface area contributed by atoms with Gasteiger partial charge in [0.05, 0.1) is 16.9 Å². The van der Waals surface area contributed by atoms with Gasteiger partial charge >= 0.3 is 0 Å². The van der Waals surface area contributed by atoms with Gasteiger partial charge in [-0.2, -0.15) is 0 Å². The molecule has 0 amide bonds. The zero-order chi connectivity index (χ0) is 39.6. The summed E-state index contributed by atoms with van der Waals surface area (Å²) >= 11 is 0. The summed E-state index contributed by atoms with van der Waals surface area (Å²) in [5.41, 5.74) is 15.7. The Morgan fingerprint density at radius 3 is 1.67 bits per heavy atom. The highest BCUT2D eigenvalue weighted by Gasteiger charge is 2.21. The Kier molecular flexibility index (Phi) is 7.78. The second-order valence-electron chi connectivity index (χ2n) is 15.1. The summed E-state index contributed by atoms with van der Waals surface area (Å²) in [5, 5.41) is 5.46. The summed E-state index contributed by atoms with van der Waals surface area (Å²) in [6.07, 6.45) is 1.87. The fourth-order valence-corrected chi connectivity index (χ4v) is 8.73.